The fourth-order valence-electron chi connectivity index (χ4n) is 2.15. The van der Waals surface area contributed by atoms with E-state index in [0.29, 0.717) is 5.02 Å². The van der Waals surface area contributed by atoms with E-state index in [0.717, 1.165) is 18.4 Å². The first kappa shape index (κ1) is 17.7. The Morgan fingerprint density at radius 3 is 2.39 bits per heavy atom. The molecule has 0 saturated carbocycles. The highest BCUT2D eigenvalue weighted by molar-refractivity contribution is 7.92. The second-order valence-electron chi connectivity index (χ2n) is 5.44. The van der Waals surface area contributed by atoms with Crippen LogP contribution in [0.2, 0.25) is 5.02 Å². The number of sulfonamides is 1. The Morgan fingerprint density at radius 2 is 1.74 bits per heavy atom. The summed E-state index contributed by atoms with van der Waals surface area (Å²) in [5.74, 6) is 0. The fraction of sp³-hybridized carbons (Fsp3) is 0.222. The number of hydrogen-bond donors (Lipinski definition) is 1. The molecule has 0 fully saturated rings. The van der Waals surface area contributed by atoms with Crippen molar-refractivity contribution in [3.63, 3.8) is 0 Å². The number of hydrogen-bond acceptors (Lipinski definition) is 2. The molecule has 0 heterocycles. The smallest absolute Gasteiger partial charge is 0.209 e. The summed E-state index contributed by atoms with van der Waals surface area (Å²) in [7, 11) is -3.46. The molecule has 2 aromatic rings. The molecule has 2 aromatic carbocycles. The highest BCUT2D eigenvalue weighted by Gasteiger charge is 2.11. The van der Waals surface area contributed by atoms with Crippen LogP contribution in [-0.4, -0.2) is 14.5 Å². The molecular formula is C18H20ClNO2S. The molecule has 5 heteroatoms. The summed E-state index contributed by atoms with van der Waals surface area (Å²) in [5.41, 5.74) is 1.99. The van der Waals surface area contributed by atoms with Crippen molar-refractivity contribution < 1.29 is 8.42 Å². The van der Waals surface area contributed by atoms with Gasteiger partial charge in [0.15, 0.2) is 0 Å². The average Bonchev–Trinajstić information content (AvgIpc) is 2.53. The number of aryl methyl sites for hydroxylation is 1. The van der Waals surface area contributed by atoms with Crippen molar-refractivity contribution in [3.8, 4) is 0 Å². The van der Waals surface area contributed by atoms with Gasteiger partial charge < -0.3 is 0 Å². The molecule has 3 nitrogen and oxygen atoms in total. The van der Waals surface area contributed by atoms with Gasteiger partial charge in [-0.25, -0.2) is 13.1 Å². The van der Waals surface area contributed by atoms with Gasteiger partial charge in [-0.2, -0.15) is 0 Å². The molecule has 0 aliphatic carbocycles. The maximum Gasteiger partial charge on any atom is 0.233 e. The third kappa shape index (κ3) is 6.57. The van der Waals surface area contributed by atoms with E-state index >= 15 is 0 Å². The van der Waals surface area contributed by atoms with Crippen LogP contribution in [-0.2, 0) is 16.4 Å². The molecule has 1 atom stereocenters. The van der Waals surface area contributed by atoms with Gasteiger partial charge in [-0.3, -0.25) is 0 Å². The number of benzene rings is 2. The second-order valence-corrected chi connectivity index (χ2v) is 7.48. The van der Waals surface area contributed by atoms with Gasteiger partial charge in [0.1, 0.15) is 0 Å². The molecule has 0 aromatic heterocycles. The van der Waals surface area contributed by atoms with Gasteiger partial charge in [-0.15, -0.1) is 0 Å². The Kier molecular flexibility index (Phi) is 6.39. The van der Waals surface area contributed by atoms with Crippen LogP contribution in [0.15, 0.2) is 60.0 Å². The highest BCUT2D eigenvalue weighted by Crippen LogP contribution is 2.11. The Hall–Kier alpha value is -1.62. The Balaban J connectivity index is 1.88. The lowest BCUT2D eigenvalue weighted by Gasteiger charge is -2.12. The maximum absolute atomic E-state index is 12.1. The SMILES string of the molecule is C[C@H](CCc1ccccc1)NS(=O)(=O)/C=C/c1ccc(Cl)cc1. The van der Waals surface area contributed by atoms with E-state index in [9.17, 15) is 8.42 Å². The summed E-state index contributed by atoms with van der Waals surface area (Å²) in [6, 6.07) is 16.9. The molecule has 0 radical (unpaired) electrons. The molecule has 122 valence electrons. The zero-order valence-corrected chi connectivity index (χ0v) is 14.5. The Bertz CT molecular complexity index is 740. The lowest BCUT2D eigenvalue weighted by Crippen LogP contribution is -2.31. The minimum Gasteiger partial charge on any atom is -0.209 e. The van der Waals surface area contributed by atoms with Crippen molar-refractivity contribution in [2.24, 2.45) is 0 Å². The van der Waals surface area contributed by atoms with Gasteiger partial charge in [-0.05, 0) is 49.1 Å². The predicted molar refractivity (Wildman–Crippen MR) is 96.8 cm³/mol. The van der Waals surface area contributed by atoms with Gasteiger partial charge in [0.25, 0.3) is 0 Å². The molecule has 0 unspecified atom stereocenters. The van der Waals surface area contributed by atoms with E-state index in [1.54, 1.807) is 30.3 Å². The van der Waals surface area contributed by atoms with Crippen molar-refractivity contribution in [1.82, 2.24) is 4.72 Å². The second kappa shape index (κ2) is 8.29. The van der Waals surface area contributed by atoms with Crippen molar-refractivity contribution in [2.45, 2.75) is 25.8 Å². The van der Waals surface area contributed by atoms with Crippen LogP contribution < -0.4 is 4.72 Å². The third-order valence-corrected chi connectivity index (χ3v) is 4.86. The molecule has 23 heavy (non-hydrogen) atoms. The van der Waals surface area contributed by atoms with Crippen LogP contribution in [0.4, 0.5) is 0 Å². The molecule has 1 N–H and O–H groups in total. The van der Waals surface area contributed by atoms with E-state index < -0.39 is 10.0 Å². The summed E-state index contributed by atoms with van der Waals surface area (Å²) < 4.78 is 26.8. The number of halogens is 1. The summed E-state index contributed by atoms with van der Waals surface area (Å²) in [5, 5.41) is 1.81. The lowest BCUT2D eigenvalue weighted by atomic mass is 10.1. The minimum atomic E-state index is -3.46. The summed E-state index contributed by atoms with van der Waals surface area (Å²) in [6.45, 7) is 1.87. The standard InChI is InChI=1S/C18H20ClNO2S/c1-15(7-8-16-5-3-2-4-6-16)20-23(21,22)14-13-17-9-11-18(19)12-10-17/h2-6,9-15,20H,7-8H2,1H3/b14-13+/t15-/m1/s1. The fourth-order valence-corrected chi connectivity index (χ4v) is 3.37. The van der Waals surface area contributed by atoms with Gasteiger partial charge in [0.05, 0.1) is 0 Å². The Morgan fingerprint density at radius 1 is 1.09 bits per heavy atom. The zero-order chi connectivity index (χ0) is 16.7. The average molecular weight is 350 g/mol. The molecule has 0 amide bonds. The predicted octanol–water partition coefficient (Wildman–Crippen LogP) is 4.25. The molecule has 0 aliphatic heterocycles. The number of rotatable bonds is 7. The van der Waals surface area contributed by atoms with Crippen LogP contribution in [0.5, 0.6) is 0 Å². The van der Waals surface area contributed by atoms with Crippen molar-refractivity contribution >= 4 is 27.7 Å². The van der Waals surface area contributed by atoms with Crippen LogP contribution >= 0.6 is 11.6 Å². The van der Waals surface area contributed by atoms with Crippen LogP contribution in [0, 0.1) is 0 Å². The van der Waals surface area contributed by atoms with E-state index in [4.69, 9.17) is 11.6 Å². The van der Waals surface area contributed by atoms with Crippen LogP contribution in [0.25, 0.3) is 6.08 Å². The largest absolute Gasteiger partial charge is 0.233 e. The Labute approximate surface area is 143 Å². The first-order chi connectivity index (χ1) is 10.9. The molecule has 0 saturated heterocycles. The summed E-state index contributed by atoms with van der Waals surface area (Å²) in [4.78, 5) is 0. The lowest BCUT2D eigenvalue weighted by molar-refractivity contribution is 0.555. The highest BCUT2D eigenvalue weighted by atomic mass is 35.5. The van der Waals surface area contributed by atoms with E-state index in [1.807, 2.05) is 37.3 Å². The van der Waals surface area contributed by atoms with E-state index in [1.165, 1.54) is 11.0 Å². The van der Waals surface area contributed by atoms with Gasteiger partial charge in [0.2, 0.25) is 10.0 Å². The van der Waals surface area contributed by atoms with Gasteiger partial charge >= 0.3 is 0 Å². The first-order valence-corrected chi connectivity index (χ1v) is 9.37. The van der Waals surface area contributed by atoms with E-state index in [2.05, 4.69) is 4.72 Å². The van der Waals surface area contributed by atoms with Crippen LogP contribution in [0.3, 0.4) is 0 Å². The summed E-state index contributed by atoms with van der Waals surface area (Å²) >= 11 is 5.80. The molecule has 0 aliphatic rings. The molecular weight excluding hydrogens is 330 g/mol. The maximum atomic E-state index is 12.1. The third-order valence-electron chi connectivity index (χ3n) is 3.38. The molecule has 2 rings (SSSR count). The minimum absolute atomic E-state index is 0.130. The quantitative estimate of drug-likeness (QED) is 0.812. The van der Waals surface area contributed by atoms with Crippen molar-refractivity contribution in [1.29, 1.82) is 0 Å². The monoisotopic (exact) mass is 349 g/mol. The van der Waals surface area contributed by atoms with Gasteiger partial charge in [-0.1, -0.05) is 54.1 Å². The zero-order valence-electron chi connectivity index (χ0n) is 12.9. The van der Waals surface area contributed by atoms with Crippen LogP contribution in [0.1, 0.15) is 24.5 Å². The topological polar surface area (TPSA) is 46.2 Å². The summed E-state index contributed by atoms with van der Waals surface area (Å²) in [6.07, 6.45) is 3.14. The number of nitrogens with one attached hydrogen (secondary N) is 1. The molecule has 0 spiro atoms. The van der Waals surface area contributed by atoms with E-state index in [-0.39, 0.29) is 6.04 Å². The normalized spacial score (nSPS) is 13.3. The first-order valence-electron chi connectivity index (χ1n) is 7.44. The van der Waals surface area contributed by atoms with Gasteiger partial charge in [0, 0.05) is 16.5 Å². The van der Waals surface area contributed by atoms with Crippen molar-refractivity contribution in [3.05, 3.63) is 76.2 Å². The molecule has 0 bridgehead atoms. The van der Waals surface area contributed by atoms with Crippen molar-refractivity contribution in [2.75, 3.05) is 0 Å².